The molecule has 0 saturated heterocycles. The van der Waals surface area contributed by atoms with Crippen LogP contribution in [-0.2, 0) is 34.1 Å². The average molecular weight is 593 g/mol. The van der Waals surface area contributed by atoms with Crippen molar-refractivity contribution in [1.29, 1.82) is 0 Å². The van der Waals surface area contributed by atoms with Crippen LogP contribution in [-0.4, -0.2) is 76.9 Å². The van der Waals surface area contributed by atoms with Gasteiger partial charge in [0.25, 0.3) is 6.10 Å². The molecule has 0 saturated carbocycles. The Morgan fingerprint density at radius 2 is 0.903 bits per heavy atom. The maximum absolute atomic E-state index is 11.6. The standard InChI is InChI=1S/C5H6F6O2.C3H2F6O.C3H8O2.2ClH.Zn/c1-12-2-13-3(4(6,7)8)5(9,10)11;4-2(5,6)1(10)3(7,8)9;1-4-3-5-2;;;/h3H,2H2,1H3;1,10H;3H2,1-2H3;2*1H;/q;;;;;+2/p-2. The Labute approximate surface area is 183 Å². The number of hydrogen-bond acceptors (Lipinski definition) is 5. The molecule has 0 aromatic carbocycles. The zero-order valence-electron chi connectivity index (χ0n) is 15.6. The number of aliphatic hydroxyl groups excluding tert-OH is 1. The zero-order valence-corrected chi connectivity index (χ0v) is 20.1. The molecular weight excluding hydrogens is 576 g/mol. The summed E-state index contributed by atoms with van der Waals surface area (Å²) in [4.78, 5) is 0. The van der Waals surface area contributed by atoms with Crippen molar-refractivity contribution >= 4 is 19.4 Å². The van der Waals surface area contributed by atoms with Crippen LogP contribution < -0.4 is 0 Å². The first-order chi connectivity index (χ1) is 13.7. The van der Waals surface area contributed by atoms with Gasteiger partial charge in [0.2, 0.25) is 6.10 Å². The Hall–Kier alpha value is 0.163. The van der Waals surface area contributed by atoms with E-state index in [1.807, 2.05) is 0 Å². The van der Waals surface area contributed by atoms with Crippen LogP contribution in [0.3, 0.4) is 0 Å². The molecule has 31 heavy (non-hydrogen) atoms. The van der Waals surface area contributed by atoms with E-state index in [1.165, 1.54) is 0 Å². The molecule has 0 heterocycles. The van der Waals surface area contributed by atoms with Gasteiger partial charge in [-0.1, -0.05) is 0 Å². The van der Waals surface area contributed by atoms with Crippen molar-refractivity contribution in [3.63, 3.8) is 0 Å². The Balaban J connectivity index is -0.000000178. The van der Waals surface area contributed by atoms with E-state index in [-0.39, 0.29) is 0 Å². The molecule has 0 aliphatic carbocycles. The molecule has 0 radical (unpaired) electrons. The first-order valence-electron chi connectivity index (χ1n) is 6.83. The quantitative estimate of drug-likeness (QED) is 0.271. The maximum atomic E-state index is 11.6. The minimum absolute atomic E-state index is 0.389. The van der Waals surface area contributed by atoms with Crippen LogP contribution in [0.4, 0.5) is 52.7 Å². The predicted molar refractivity (Wildman–Crippen MR) is 77.6 cm³/mol. The molecule has 0 unspecified atom stereocenters. The second kappa shape index (κ2) is 18.6. The Morgan fingerprint density at radius 3 is 1.00 bits per heavy atom. The molecule has 20 heteroatoms. The zero-order chi connectivity index (χ0) is 26.1. The van der Waals surface area contributed by atoms with Crippen molar-refractivity contribution in [3.8, 4) is 0 Å². The molecule has 0 aliphatic heterocycles. The van der Waals surface area contributed by atoms with Gasteiger partial charge >= 0.3 is 59.2 Å². The Morgan fingerprint density at radius 1 is 0.645 bits per heavy atom. The monoisotopic (exact) mass is 590 g/mol. The van der Waals surface area contributed by atoms with E-state index < -0.39 is 58.9 Å². The van der Waals surface area contributed by atoms with Crippen LogP contribution in [0.15, 0.2) is 0 Å². The number of ether oxygens (including phenoxy) is 4. The van der Waals surface area contributed by atoms with Crippen LogP contribution in [0.25, 0.3) is 0 Å². The topological polar surface area (TPSA) is 57.2 Å². The molecule has 190 valence electrons. The summed E-state index contributed by atoms with van der Waals surface area (Å²) in [5.74, 6) is 0. The van der Waals surface area contributed by atoms with Gasteiger partial charge in [-0.05, 0) is 0 Å². The second-order valence-electron chi connectivity index (χ2n) is 4.32. The van der Waals surface area contributed by atoms with Gasteiger partial charge in [-0.3, -0.25) is 0 Å². The number of rotatable bonds is 5. The fourth-order valence-electron chi connectivity index (χ4n) is 0.814. The van der Waals surface area contributed by atoms with Crippen LogP contribution in [0.5, 0.6) is 0 Å². The molecule has 0 aromatic rings. The van der Waals surface area contributed by atoms with Crippen molar-refractivity contribution in [3.05, 3.63) is 0 Å². The van der Waals surface area contributed by atoms with E-state index >= 15 is 0 Å². The second-order valence-corrected chi connectivity index (χ2v) is 8.94. The molecule has 0 atom stereocenters. The van der Waals surface area contributed by atoms with Gasteiger partial charge in [0.15, 0.2) is 0 Å². The summed E-state index contributed by atoms with van der Waals surface area (Å²) in [6.07, 6.45) is -30.2. The minimum atomic E-state index is -5.63. The van der Waals surface area contributed by atoms with Crippen molar-refractivity contribution < 1.29 is 91.9 Å². The van der Waals surface area contributed by atoms with Gasteiger partial charge in [-0.15, -0.1) is 0 Å². The summed E-state index contributed by atoms with van der Waals surface area (Å²) in [5, 5.41) is 7.47. The van der Waals surface area contributed by atoms with E-state index in [2.05, 4.69) is 18.9 Å². The molecule has 1 N–H and O–H groups in total. The third kappa shape index (κ3) is 26.3. The van der Waals surface area contributed by atoms with E-state index in [4.69, 9.17) is 24.5 Å². The van der Waals surface area contributed by atoms with Gasteiger partial charge < -0.3 is 24.1 Å². The number of alkyl halides is 12. The Bertz CT molecular complexity index is 376. The Kier molecular flexibility index (Phi) is 23.0. The van der Waals surface area contributed by atoms with Gasteiger partial charge in [-0.25, -0.2) is 0 Å². The summed E-state index contributed by atoms with van der Waals surface area (Å²) in [7, 11) is 14.0. The fourth-order valence-corrected chi connectivity index (χ4v) is 0.814. The summed E-state index contributed by atoms with van der Waals surface area (Å²) in [6, 6.07) is 0. The van der Waals surface area contributed by atoms with Crippen molar-refractivity contribution in [2.75, 3.05) is 34.9 Å². The molecule has 0 aliphatic rings. The molecule has 0 spiro atoms. The van der Waals surface area contributed by atoms with Crippen LogP contribution >= 0.6 is 19.4 Å². The average Bonchev–Trinajstić information content (AvgIpc) is 2.53. The van der Waals surface area contributed by atoms with E-state index in [0.717, 1.165) is 7.11 Å². The van der Waals surface area contributed by atoms with E-state index in [0.29, 0.717) is 6.79 Å². The number of methoxy groups -OCH3 is 3. The number of aliphatic hydroxyl groups is 1. The van der Waals surface area contributed by atoms with Gasteiger partial charge in [-0.2, -0.15) is 52.7 Å². The van der Waals surface area contributed by atoms with E-state index in [1.54, 1.807) is 14.2 Å². The summed E-state index contributed by atoms with van der Waals surface area (Å²) >= 11 is -0.931. The number of hydrogen-bond donors (Lipinski definition) is 1. The first-order valence-corrected chi connectivity index (χ1v) is 14.6. The first kappa shape index (κ1) is 38.4. The molecule has 0 amide bonds. The third-order valence-corrected chi connectivity index (χ3v) is 1.80. The van der Waals surface area contributed by atoms with Crippen molar-refractivity contribution in [1.82, 2.24) is 0 Å². The summed E-state index contributed by atoms with van der Waals surface area (Å²) in [5.41, 5.74) is 0. The van der Waals surface area contributed by atoms with Gasteiger partial charge in [0, 0.05) is 21.3 Å². The van der Waals surface area contributed by atoms with Crippen LogP contribution in [0.2, 0.25) is 0 Å². The summed E-state index contributed by atoms with van der Waals surface area (Å²) < 4.78 is 152. The molecule has 0 aromatic heterocycles. The molecule has 0 rings (SSSR count). The number of halogens is 14. The van der Waals surface area contributed by atoms with Crippen molar-refractivity contribution in [2.45, 2.75) is 36.9 Å². The molecule has 5 nitrogen and oxygen atoms in total. The van der Waals surface area contributed by atoms with Crippen molar-refractivity contribution in [2.24, 2.45) is 0 Å². The fraction of sp³-hybridized carbons (Fsp3) is 1.00. The molecular formula is C11H16Cl2F12O5Zn. The predicted octanol–water partition coefficient (Wildman–Crippen LogP) is 5.19. The normalized spacial score (nSPS) is 12.1. The SMILES string of the molecule is COCOC.COCOC(C(F)(F)F)C(F)(F)F.OC(C(F)(F)F)C(F)(F)F.[Cl][Zn][Cl]. The van der Waals surface area contributed by atoms with Gasteiger partial charge in [0.05, 0.1) is 0 Å². The van der Waals surface area contributed by atoms with E-state index in [9.17, 15) is 52.7 Å². The van der Waals surface area contributed by atoms with Gasteiger partial charge in [0.1, 0.15) is 13.6 Å². The van der Waals surface area contributed by atoms with Crippen LogP contribution in [0.1, 0.15) is 0 Å². The summed E-state index contributed by atoms with van der Waals surface area (Å²) in [6.45, 7) is -0.677. The molecule has 0 fully saturated rings. The van der Waals surface area contributed by atoms with Crippen LogP contribution in [0, 0.1) is 0 Å². The third-order valence-electron chi connectivity index (χ3n) is 1.80. The molecule has 0 bridgehead atoms.